The molecule has 0 radical (unpaired) electrons. The quantitative estimate of drug-likeness (QED) is 0.142. The monoisotopic (exact) mass is 1240 g/mol. The first kappa shape index (κ1) is 56.6. The van der Waals surface area contributed by atoms with Gasteiger partial charge in [0, 0.05) is 32.7 Å². The highest BCUT2D eigenvalue weighted by Crippen LogP contribution is 2.44. The van der Waals surface area contributed by atoms with Crippen LogP contribution in [0.3, 0.4) is 0 Å². The molecule has 98 heavy (non-hydrogen) atoms. The van der Waals surface area contributed by atoms with Gasteiger partial charge < -0.3 is 8.83 Å². The lowest BCUT2D eigenvalue weighted by Gasteiger charge is -2.13. The maximum absolute atomic E-state index is 6.34. The Kier molecular flexibility index (Phi) is 13.6. The Balaban J connectivity index is 0.000000137. The van der Waals surface area contributed by atoms with Crippen LogP contribution in [0, 0.1) is 0 Å². The molecule has 0 atom stereocenters. The molecule has 0 spiro atoms. The van der Waals surface area contributed by atoms with Gasteiger partial charge in [0.25, 0.3) is 0 Å². The molecule has 20 rings (SSSR count). The molecule has 0 saturated carbocycles. The lowest BCUT2D eigenvalue weighted by molar-refractivity contribution is 0.669. The molecule has 0 bridgehead atoms. The van der Waals surface area contributed by atoms with Gasteiger partial charge in [-0.3, -0.25) is 0 Å². The topological polar surface area (TPSA) is 26.3 Å². The van der Waals surface area contributed by atoms with Crippen LogP contribution in [-0.4, -0.2) is 0 Å². The number of fused-ring (bicyclic) bond motifs is 14. The maximum Gasteiger partial charge on any atom is 0.143 e. The highest BCUT2D eigenvalue weighted by Gasteiger charge is 2.18. The van der Waals surface area contributed by atoms with E-state index in [0.717, 1.165) is 66.1 Å². The average molecular weight is 1250 g/mol. The third kappa shape index (κ3) is 9.89. The first-order chi connectivity index (χ1) is 48.5. The third-order valence-electron chi connectivity index (χ3n) is 20.2. The van der Waals surface area contributed by atoms with Crippen LogP contribution in [0.15, 0.2) is 373 Å². The van der Waals surface area contributed by atoms with E-state index in [1.54, 1.807) is 0 Å². The largest absolute Gasteiger partial charge is 0.455 e. The number of furan rings is 2. The van der Waals surface area contributed by atoms with Crippen LogP contribution < -0.4 is 0 Å². The first-order valence-corrected chi connectivity index (χ1v) is 33.7. The molecule has 0 N–H and O–H groups in total. The Morgan fingerprint density at radius 1 is 0.133 bits per heavy atom. The summed E-state index contributed by atoms with van der Waals surface area (Å²) in [5.74, 6) is 0. The van der Waals surface area contributed by atoms with Gasteiger partial charge in [-0.05, 0) is 185 Å². The zero-order chi connectivity index (χ0) is 64.6. The molecule has 0 unspecified atom stereocenters. The van der Waals surface area contributed by atoms with Crippen molar-refractivity contribution in [2.24, 2.45) is 0 Å². The standard InChI is InChI=1S/2C48H30O/c1-2-11-38-32(9-1)10-7-15-39(38)33-21-19-31(20-22-33)36-27-28-37-30-45(41-12-3-4-13-42(41)46(37)29-36)35-25-23-34(24-26-35)40-16-8-17-44-43-14-5-6-18-47(43)49-48(40)44;1-2-9-36-28-37(25-20-31(36)8-1)32-16-18-33(19-17-32)38-26-27-39-30-45(41-10-3-4-11-42(41)46(39)29-38)35-23-21-34(22-24-35)40-13-7-14-44-43-12-5-6-15-47(43)49-48(40)44/h2*1-30H. The minimum atomic E-state index is 0.922. The zero-order valence-electron chi connectivity index (χ0n) is 53.5. The highest BCUT2D eigenvalue weighted by molar-refractivity contribution is 6.17. The average Bonchev–Trinajstić information content (AvgIpc) is 1.27. The van der Waals surface area contributed by atoms with Gasteiger partial charge >= 0.3 is 0 Å². The molecule has 456 valence electrons. The smallest absolute Gasteiger partial charge is 0.143 e. The molecule has 2 heterocycles. The van der Waals surface area contributed by atoms with Crippen molar-refractivity contribution in [3.05, 3.63) is 364 Å². The van der Waals surface area contributed by atoms with E-state index in [2.05, 4.69) is 340 Å². The van der Waals surface area contributed by atoms with E-state index in [1.165, 1.54) is 131 Å². The van der Waals surface area contributed by atoms with E-state index < -0.39 is 0 Å². The molecule has 2 nitrogen and oxygen atoms in total. The highest BCUT2D eigenvalue weighted by atomic mass is 16.3. The number of hydrogen-bond acceptors (Lipinski definition) is 2. The van der Waals surface area contributed by atoms with Gasteiger partial charge in [0.1, 0.15) is 22.3 Å². The summed E-state index contributed by atoms with van der Waals surface area (Å²) in [7, 11) is 0. The van der Waals surface area contributed by atoms with Crippen LogP contribution in [0.25, 0.3) is 198 Å². The molecule has 0 aliphatic heterocycles. The van der Waals surface area contributed by atoms with Crippen molar-refractivity contribution in [3.63, 3.8) is 0 Å². The second kappa shape index (κ2) is 23.5. The van der Waals surface area contributed by atoms with Crippen LogP contribution in [0.5, 0.6) is 0 Å². The molecule has 0 amide bonds. The van der Waals surface area contributed by atoms with Crippen molar-refractivity contribution in [2.45, 2.75) is 0 Å². The van der Waals surface area contributed by atoms with Gasteiger partial charge in [-0.2, -0.15) is 0 Å². The van der Waals surface area contributed by atoms with Crippen molar-refractivity contribution < 1.29 is 8.83 Å². The summed E-state index contributed by atoms with van der Waals surface area (Å²) in [6.45, 7) is 0. The van der Waals surface area contributed by atoms with Crippen LogP contribution in [0.1, 0.15) is 0 Å². The number of rotatable bonds is 8. The summed E-state index contributed by atoms with van der Waals surface area (Å²) in [6.07, 6.45) is 0. The molecule has 0 fully saturated rings. The first-order valence-electron chi connectivity index (χ1n) is 33.7. The third-order valence-corrected chi connectivity index (χ3v) is 20.2. The molecule has 2 heteroatoms. The van der Waals surface area contributed by atoms with Crippen LogP contribution in [0.4, 0.5) is 0 Å². The Morgan fingerprint density at radius 3 is 0.918 bits per heavy atom. The summed E-state index contributed by atoms with van der Waals surface area (Å²) in [4.78, 5) is 0. The second-order valence-corrected chi connectivity index (χ2v) is 25.8. The lowest BCUT2D eigenvalue weighted by Crippen LogP contribution is -1.87. The van der Waals surface area contributed by atoms with Gasteiger partial charge in [-0.25, -0.2) is 0 Å². The molecule has 2 aromatic heterocycles. The van der Waals surface area contributed by atoms with Gasteiger partial charge in [0.2, 0.25) is 0 Å². The molecular formula is C96H60O2. The van der Waals surface area contributed by atoms with Crippen molar-refractivity contribution in [1.82, 2.24) is 0 Å². The van der Waals surface area contributed by atoms with E-state index in [9.17, 15) is 0 Å². The maximum atomic E-state index is 6.34. The van der Waals surface area contributed by atoms with Crippen molar-refractivity contribution >= 4 is 109 Å². The molecular weight excluding hydrogens is 1190 g/mol. The summed E-state index contributed by atoms with van der Waals surface area (Å²) >= 11 is 0. The zero-order valence-corrected chi connectivity index (χ0v) is 53.5. The minimum Gasteiger partial charge on any atom is -0.455 e. The van der Waals surface area contributed by atoms with E-state index >= 15 is 0 Å². The normalized spacial score (nSPS) is 11.7. The SMILES string of the molecule is c1ccc2c(-c3ccc(-c4ccc5cc(-c6ccc(-c7cccc8c7oc7ccccc78)cc6)c6ccccc6c5c4)cc3)cccc2c1.c1ccc2cc(-c3ccc(-c4ccc5cc(-c6ccc(-c7cccc8c7oc7ccccc78)cc6)c6ccccc6c5c4)cc3)ccc2c1. The predicted molar refractivity (Wildman–Crippen MR) is 416 cm³/mol. The Hall–Kier alpha value is -12.9. The molecule has 0 aliphatic rings. The summed E-state index contributed by atoms with van der Waals surface area (Å²) in [6, 6.07) is 132. The van der Waals surface area contributed by atoms with Crippen LogP contribution in [0.2, 0.25) is 0 Å². The van der Waals surface area contributed by atoms with E-state index in [0.29, 0.717) is 0 Å². The number of para-hydroxylation sites is 4. The number of benzene rings is 18. The van der Waals surface area contributed by atoms with Gasteiger partial charge in [0.15, 0.2) is 0 Å². The fraction of sp³-hybridized carbons (Fsp3) is 0. The van der Waals surface area contributed by atoms with Gasteiger partial charge in [-0.1, -0.05) is 322 Å². The van der Waals surface area contributed by atoms with Crippen molar-refractivity contribution in [1.29, 1.82) is 0 Å². The second-order valence-electron chi connectivity index (χ2n) is 25.8. The minimum absolute atomic E-state index is 0.922. The van der Waals surface area contributed by atoms with Crippen molar-refractivity contribution in [3.8, 4) is 89.0 Å². The Labute approximate surface area is 566 Å². The summed E-state index contributed by atoms with van der Waals surface area (Å²) in [5.41, 5.74) is 23.0. The van der Waals surface area contributed by atoms with Gasteiger partial charge in [-0.15, -0.1) is 0 Å². The predicted octanol–water partition coefficient (Wildman–Crippen LogP) is 27.4. The molecule has 0 aliphatic carbocycles. The van der Waals surface area contributed by atoms with Crippen LogP contribution >= 0.6 is 0 Å². The molecule has 0 saturated heterocycles. The van der Waals surface area contributed by atoms with Gasteiger partial charge in [0.05, 0.1) is 0 Å². The van der Waals surface area contributed by atoms with Crippen molar-refractivity contribution in [2.75, 3.05) is 0 Å². The van der Waals surface area contributed by atoms with Crippen LogP contribution in [-0.2, 0) is 0 Å². The molecule has 20 aromatic rings. The van der Waals surface area contributed by atoms with E-state index in [4.69, 9.17) is 8.83 Å². The fourth-order valence-corrected chi connectivity index (χ4v) is 15.2. The Morgan fingerprint density at radius 2 is 0.439 bits per heavy atom. The van der Waals surface area contributed by atoms with E-state index in [-0.39, 0.29) is 0 Å². The number of hydrogen-bond donors (Lipinski definition) is 0. The lowest BCUT2D eigenvalue weighted by atomic mass is 9.90. The van der Waals surface area contributed by atoms with E-state index in [1.807, 2.05) is 24.3 Å². The summed E-state index contributed by atoms with van der Waals surface area (Å²) < 4.78 is 12.7. The molecule has 18 aromatic carbocycles. The Bertz CT molecular complexity index is 6490. The fourth-order valence-electron chi connectivity index (χ4n) is 15.2. The summed E-state index contributed by atoms with van der Waals surface area (Å²) in [5, 5.41) is 19.7.